The van der Waals surface area contributed by atoms with Crippen LogP contribution >= 0.6 is 0 Å². The SMILES string of the molecule is CCCCNC(=NC)NCc1ccc(OCC)c(OC)c1. The lowest BCUT2D eigenvalue weighted by molar-refractivity contribution is 0.310. The zero-order valence-corrected chi connectivity index (χ0v) is 13.5. The molecule has 0 unspecified atom stereocenters. The van der Waals surface area contributed by atoms with Crippen LogP contribution in [0.25, 0.3) is 0 Å². The number of methoxy groups -OCH3 is 1. The van der Waals surface area contributed by atoms with Crippen molar-refractivity contribution in [3.63, 3.8) is 0 Å². The fourth-order valence-electron chi connectivity index (χ4n) is 1.89. The summed E-state index contributed by atoms with van der Waals surface area (Å²) in [6.45, 7) is 6.38. The Labute approximate surface area is 127 Å². The number of benzene rings is 1. The third-order valence-electron chi connectivity index (χ3n) is 3.03. The maximum atomic E-state index is 5.51. The van der Waals surface area contributed by atoms with Crippen molar-refractivity contribution in [2.45, 2.75) is 33.2 Å². The van der Waals surface area contributed by atoms with Crippen molar-refractivity contribution in [2.75, 3.05) is 27.3 Å². The summed E-state index contributed by atoms with van der Waals surface area (Å²) in [6, 6.07) is 5.95. The Morgan fingerprint density at radius 1 is 1.19 bits per heavy atom. The van der Waals surface area contributed by atoms with Crippen molar-refractivity contribution in [3.05, 3.63) is 23.8 Å². The molecule has 0 aromatic heterocycles. The van der Waals surface area contributed by atoms with E-state index < -0.39 is 0 Å². The summed E-state index contributed by atoms with van der Waals surface area (Å²) < 4.78 is 10.9. The molecule has 1 aromatic rings. The standard InChI is InChI=1S/C16H27N3O2/c1-5-7-10-18-16(17-3)19-12-13-8-9-14(21-6-2)15(11-13)20-4/h8-9,11H,5-7,10,12H2,1-4H3,(H2,17,18,19). The van der Waals surface area contributed by atoms with Crippen LogP contribution in [-0.4, -0.2) is 33.3 Å². The van der Waals surface area contributed by atoms with Crippen LogP contribution in [-0.2, 0) is 6.54 Å². The molecule has 0 saturated heterocycles. The summed E-state index contributed by atoms with van der Waals surface area (Å²) >= 11 is 0. The predicted molar refractivity (Wildman–Crippen MR) is 87.3 cm³/mol. The van der Waals surface area contributed by atoms with Crippen molar-refractivity contribution >= 4 is 5.96 Å². The first-order chi connectivity index (χ1) is 10.2. The normalized spacial score (nSPS) is 11.1. The lowest BCUT2D eigenvalue weighted by atomic mass is 10.2. The molecule has 0 bridgehead atoms. The summed E-state index contributed by atoms with van der Waals surface area (Å²) in [4.78, 5) is 4.20. The molecular formula is C16H27N3O2. The van der Waals surface area contributed by atoms with Crippen LogP contribution < -0.4 is 20.1 Å². The quantitative estimate of drug-likeness (QED) is 0.439. The van der Waals surface area contributed by atoms with Gasteiger partial charge in [0, 0.05) is 20.1 Å². The minimum Gasteiger partial charge on any atom is -0.493 e. The highest BCUT2D eigenvalue weighted by Gasteiger charge is 2.05. The van der Waals surface area contributed by atoms with Crippen LogP contribution in [0, 0.1) is 0 Å². The van der Waals surface area contributed by atoms with E-state index in [1.165, 1.54) is 6.42 Å². The first kappa shape index (κ1) is 17.1. The van der Waals surface area contributed by atoms with Gasteiger partial charge in [0.15, 0.2) is 17.5 Å². The number of rotatable bonds is 8. The van der Waals surface area contributed by atoms with Gasteiger partial charge in [-0.05, 0) is 31.0 Å². The number of guanidine groups is 1. The predicted octanol–water partition coefficient (Wildman–Crippen LogP) is 2.56. The number of aliphatic imine (C=N–C) groups is 1. The van der Waals surface area contributed by atoms with Crippen molar-refractivity contribution in [3.8, 4) is 11.5 Å². The monoisotopic (exact) mass is 293 g/mol. The fraction of sp³-hybridized carbons (Fsp3) is 0.562. The van der Waals surface area contributed by atoms with Gasteiger partial charge in [-0.15, -0.1) is 0 Å². The minimum atomic E-state index is 0.627. The number of hydrogen-bond acceptors (Lipinski definition) is 3. The number of ether oxygens (including phenoxy) is 2. The van der Waals surface area contributed by atoms with E-state index in [2.05, 4.69) is 22.5 Å². The number of unbranched alkanes of at least 4 members (excludes halogenated alkanes) is 1. The topological polar surface area (TPSA) is 54.9 Å². The number of nitrogens with one attached hydrogen (secondary N) is 2. The Morgan fingerprint density at radius 3 is 2.62 bits per heavy atom. The van der Waals surface area contributed by atoms with Crippen LogP contribution in [0.5, 0.6) is 11.5 Å². The van der Waals surface area contributed by atoms with E-state index in [0.29, 0.717) is 13.2 Å². The molecule has 1 rings (SSSR count). The molecule has 0 aliphatic rings. The number of hydrogen-bond donors (Lipinski definition) is 2. The molecule has 0 aliphatic carbocycles. The second-order valence-electron chi connectivity index (χ2n) is 4.62. The van der Waals surface area contributed by atoms with Crippen LogP contribution in [0.1, 0.15) is 32.3 Å². The fourth-order valence-corrected chi connectivity index (χ4v) is 1.89. The van der Waals surface area contributed by atoms with Crippen LogP contribution in [0.4, 0.5) is 0 Å². The second-order valence-corrected chi connectivity index (χ2v) is 4.62. The maximum Gasteiger partial charge on any atom is 0.191 e. The van der Waals surface area contributed by atoms with E-state index >= 15 is 0 Å². The lowest BCUT2D eigenvalue weighted by Gasteiger charge is -2.13. The van der Waals surface area contributed by atoms with Crippen LogP contribution in [0.15, 0.2) is 23.2 Å². The summed E-state index contributed by atoms with van der Waals surface area (Å²) in [5.74, 6) is 2.34. The Hall–Kier alpha value is -1.91. The molecule has 0 aliphatic heterocycles. The van der Waals surface area contributed by atoms with Gasteiger partial charge >= 0.3 is 0 Å². The largest absolute Gasteiger partial charge is 0.493 e. The van der Waals surface area contributed by atoms with Crippen molar-refractivity contribution in [1.29, 1.82) is 0 Å². The van der Waals surface area contributed by atoms with E-state index in [4.69, 9.17) is 9.47 Å². The Balaban J connectivity index is 2.58. The molecule has 0 spiro atoms. The molecule has 5 nitrogen and oxygen atoms in total. The molecule has 5 heteroatoms. The molecule has 0 saturated carbocycles. The first-order valence-corrected chi connectivity index (χ1v) is 7.49. The minimum absolute atomic E-state index is 0.627. The summed E-state index contributed by atoms with van der Waals surface area (Å²) in [5, 5.41) is 6.57. The summed E-state index contributed by atoms with van der Waals surface area (Å²) in [7, 11) is 3.43. The number of nitrogens with zero attached hydrogens (tertiary/aromatic N) is 1. The molecular weight excluding hydrogens is 266 g/mol. The molecule has 0 heterocycles. The van der Waals surface area contributed by atoms with Gasteiger partial charge in [-0.1, -0.05) is 19.4 Å². The van der Waals surface area contributed by atoms with E-state index in [-0.39, 0.29) is 0 Å². The van der Waals surface area contributed by atoms with Gasteiger partial charge in [0.1, 0.15) is 0 Å². The van der Waals surface area contributed by atoms with E-state index in [1.54, 1.807) is 14.2 Å². The average molecular weight is 293 g/mol. The highest BCUT2D eigenvalue weighted by molar-refractivity contribution is 5.79. The first-order valence-electron chi connectivity index (χ1n) is 7.49. The molecule has 2 N–H and O–H groups in total. The Morgan fingerprint density at radius 2 is 2.00 bits per heavy atom. The summed E-state index contributed by atoms with van der Waals surface area (Å²) in [5.41, 5.74) is 1.12. The molecule has 0 atom stereocenters. The highest BCUT2D eigenvalue weighted by atomic mass is 16.5. The third-order valence-corrected chi connectivity index (χ3v) is 3.03. The van der Waals surface area contributed by atoms with Gasteiger partial charge < -0.3 is 20.1 Å². The zero-order valence-electron chi connectivity index (χ0n) is 13.5. The van der Waals surface area contributed by atoms with Crippen molar-refractivity contribution in [1.82, 2.24) is 10.6 Å². The lowest BCUT2D eigenvalue weighted by Crippen LogP contribution is -2.37. The molecule has 0 radical (unpaired) electrons. The van der Waals surface area contributed by atoms with Crippen molar-refractivity contribution < 1.29 is 9.47 Å². The van der Waals surface area contributed by atoms with E-state index in [1.807, 2.05) is 25.1 Å². The van der Waals surface area contributed by atoms with E-state index in [0.717, 1.165) is 36.0 Å². The van der Waals surface area contributed by atoms with Gasteiger partial charge in [0.25, 0.3) is 0 Å². The van der Waals surface area contributed by atoms with Gasteiger partial charge in [-0.2, -0.15) is 0 Å². The Bertz CT molecular complexity index is 447. The average Bonchev–Trinajstić information content (AvgIpc) is 2.52. The second kappa shape index (κ2) is 9.91. The zero-order chi connectivity index (χ0) is 15.5. The van der Waals surface area contributed by atoms with Gasteiger partial charge in [-0.25, -0.2) is 0 Å². The van der Waals surface area contributed by atoms with Crippen LogP contribution in [0.2, 0.25) is 0 Å². The van der Waals surface area contributed by atoms with Crippen molar-refractivity contribution in [2.24, 2.45) is 4.99 Å². The molecule has 0 fully saturated rings. The third kappa shape index (κ3) is 5.94. The van der Waals surface area contributed by atoms with Gasteiger partial charge in [0.2, 0.25) is 0 Å². The van der Waals surface area contributed by atoms with Gasteiger partial charge in [-0.3, -0.25) is 4.99 Å². The summed E-state index contributed by atoms with van der Waals surface area (Å²) in [6.07, 6.45) is 2.30. The highest BCUT2D eigenvalue weighted by Crippen LogP contribution is 2.27. The molecule has 118 valence electrons. The van der Waals surface area contributed by atoms with Crippen LogP contribution in [0.3, 0.4) is 0 Å². The maximum absolute atomic E-state index is 5.51. The van der Waals surface area contributed by atoms with Gasteiger partial charge in [0.05, 0.1) is 13.7 Å². The smallest absolute Gasteiger partial charge is 0.191 e. The molecule has 21 heavy (non-hydrogen) atoms. The molecule has 0 amide bonds. The molecule has 1 aromatic carbocycles. The van der Waals surface area contributed by atoms with E-state index in [9.17, 15) is 0 Å². The Kier molecular flexibility index (Phi) is 8.09.